The lowest BCUT2D eigenvalue weighted by Crippen LogP contribution is -2.30. The van der Waals surface area contributed by atoms with Crippen molar-refractivity contribution in [3.8, 4) is 16.8 Å². The molecule has 0 fully saturated rings. The summed E-state index contributed by atoms with van der Waals surface area (Å²) in [6.07, 6.45) is -3.14. The van der Waals surface area contributed by atoms with Gasteiger partial charge in [0, 0.05) is 36.7 Å². The summed E-state index contributed by atoms with van der Waals surface area (Å²) in [5.74, 6) is -0.630. The summed E-state index contributed by atoms with van der Waals surface area (Å²) in [7, 11) is -3.48. The van der Waals surface area contributed by atoms with Gasteiger partial charge >= 0.3 is 6.18 Å². The van der Waals surface area contributed by atoms with Crippen molar-refractivity contribution in [2.45, 2.75) is 37.9 Å². The molecule has 7 nitrogen and oxygen atoms in total. The molecule has 4 aromatic rings. The number of rotatable bonds is 5. The van der Waals surface area contributed by atoms with E-state index in [1.54, 1.807) is 54.6 Å². The van der Waals surface area contributed by atoms with Crippen LogP contribution >= 0.6 is 0 Å². The lowest BCUT2D eigenvalue weighted by molar-refractivity contribution is -0.141. The van der Waals surface area contributed by atoms with E-state index in [1.807, 2.05) is 19.9 Å². The number of aromatic nitrogens is 2. The third-order valence-electron chi connectivity index (χ3n) is 6.43. The van der Waals surface area contributed by atoms with E-state index < -0.39 is 27.6 Å². The van der Waals surface area contributed by atoms with Crippen LogP contribution in [0.15, 0.2) is 77.7 Å². The van der Waals surface area contributed by atoms with Crippen LogP contribution in [0.1, 0.15) is 41.2 Å². The largest absolute Gasteiger partial charge is 0.435 e. The van der Waals surface area contributed by atoms with Gasteiger partial charge in [-0.15, -0.1) is 0 Å². The van der Waals surface area contributed by atoms with Crippen LogP contribution in [0.4, 0.5) is 18.9 Å². The molecule has 1 aliphatic rings. The summed E-state index contributed by atoms with van der Waals surface area (Å²) in [4.78, 5) is 15.2. The molecule has 5 rings (SSSR count). The number of sulfone groups is 1. The maximum atomic E-state index is 13.6. The van der Waals surface area contributed by atoms with Gasteiger partial charge in [-0.2, -0.15) is 18.3 Å². The summed E-state index contributed by atoms with van der Waals surface area (Å²) < 4.78 is 66.3. The third kappa shape index (κ3) is 5.66. The fourth-order valence-corrected chi connectivity index (χ4v) is 5.54. The molecular weight excluding hydrogens is 541 g/mol. The number of carbonyl (C=O) groups excluding carboxylic acids is 1. The lowest BCUT2D eigenvalue weighted by Gasteiger charge is -2.19. The number of carbonyl (C=O) groups is 1. The van der Waals surface area contributed by atoms with E-state index in [-0.39, 0.29) is 23.7 Å². The predicted molar refractivity (Wildman–Crippen MR) is 148 cm³/mol. The number of amides is 1. The second-order valence-corrected chi connectivity index (χ2v) is 11.0. The van der Waals surface area contributed by atoms with Gasteiger partial charge in [0.25, 0.3) is 5.91 Å². The van der Waals surface area contributed by atoms with Gasteiger partial charge < -0.3 is 10.6 Å². The maximum absolute atomic E-state index is 13.6. The van der Waals surface area contributed by atoms with Crippen molar-refractivity contribution in [1.29, 1.82) is 0 Å². The first kappa shape index (κ1) is 29.0. The fraction of sp³-hybridized carbons (Fsp3) is 0.241. The number of nitrogens with two attached hydrogens (primary N) is 1. The van der Waals surface area contributed by atoms with E-state index in [1.165, 1.54) is 11.0 Å². The molecule has 0 unspecified atom stereocenters. The summed E-state index contributed by atoms with van der Waals surface area (Å²) in [5, 5.41) is 3.71. The van der Waals surface area contributed by atoms with Gasteiger partial charge in [0.2, 0.25) is 0 Å². The van der Waals surface area contributed by atoms with Crippen LogP contribution < -0.4 is 10.6 Å². The van der Waals surface area contributed by atoms with Crippen molar-refractivity contribution < 1.29 is 26.4 Å². The number of nitrogens with zero attached hydrogens (tertiary/aromatic N) is 3. The zero-order valence-electron chi connectivity index (χ0n) is 22.2. The van der Waals surface area contributed by atoms with E-state index in [2.05, 4.69) is 5.10 Å². The Balaban J connectivity index is 0.00000181. The zero-order chi connectivity index (χ0) is 29.2. The number of hydrogen-bond acceptors (Lipinski definition) is 5. The highest BCUT2D eigenvalue weighted by Crippen LogP contribution is 2.36. The minimum absolute atomic E-state index is 0.175. The van der Waals surface area contributed by atoms with Gasteiger partial charge in [0.05, 0.1) is 10.6 Å². The highest BCUT2D eigenvalue weighted by Gasteiger charge is 2.38. The molecule has 1 amide bonds. The van der Waals surface area contributed by atoms with Gasteiger partial charge in [-0.05, 0) is 53.4 Å². The van der Waals surface area contributed by atoms with E-state index in [4.69, 9.17) is 5.73 Å². The molecule has 3 aromatic carbocycles. The van der Waals surface area contributed by atoms with Crippen molar-refractivity contribution in [1.82, 2.24) is 9.78 Å². The number of halogens is 3. The van der Waals surface area contributed by atoms with E-state index in [0.29, 0.717) is 34.5 Å². The summed E-state index contributed by atoms with van der Waals surface area (Å²) in [5.41, 5.74) is 7.79. The minimum Gasteiger partial charge on any atom is -0.326 e. The van der Waals surface area contributed by atoms with Gasteiger partial charge in [0.15, 0.2) is 15.5 Å². The molecule has 0 atom stereocenters. The topological polar surface area (TPSA) is 98.3 Å². The molecule has 1 aromatic heterocycles. The molecule has 0 radical (unpaired) electrons. The Bertz CT molecular complexity index is 1660. The molecular formula is C29H29F3N4O3S. The minimum atomic E-state index is -4.74. The Hall–Kier alpha value is -3.96. The zero-order valence-corrected chi connectivity index (χ0v) is 23.1. The molecule has 2 heterocycles. The average Bonchev–Trinajstić information content (AvgIpc) is 3.58. The number of fused-ring (bicyclic) bond motifs is 1. The Kier molecular flexibility index (Phi) is 8.18. The first-order valence-electron chi connectivity index (χ1n) is 12.7. The molecule has 2 N–H and O–H groups in total. The van der Waals surface area contributed by atoms with Crippen LogP contribution in [-0.2, 0) is 29.0 Å². The van der Waals surface area contributed by atoms with Gasteiger partial charge in [-0.25, -0.2) is 13.1 Å². The first-order valence-corrected chi connectivity index (χ1v) is 14.6. The van der Waals surface area contributed by atoms with Crippen molar-refractivity contribution in [2.24, 2.45) is 5.73 Å². The van der Waals surface area contributed by atoms with E-state index >= 15 is 0 Å². The quantitative estimate of drug-likeness (QED) is 0.335. The van der Waals surface area contributed by atoms with E-state index in [9.17, 15) is 26.4 Å². The molecule has 0 spiro atoms. The molecule has 210 valence electrons. The number of benzene rings is 3. The molecule has 11 heteroatoms. The van der Waals surface area contributed by atoms with Crippen molar-refractivity contribution in [3.05, 3.63) is 95.3 Å². The number of hydrogen-bond donors (Lipinski definition) is 1. The second-order valence-electron chi connectivity index (χ2n) is 9.02. The summed E-state index contributed by atoms with van der Waals surface area (Å²) in [6.45, 7) is 4.43. The van der Waals surface area contributed by atoms with Crippen LogP contribution in [-0.4, -0.2) is 36.9 Å². The molecule has 0 saturated heterocycles. The molecule has 0 saturated carbocycles. The average molecular weight is 571 g/mol. The second kappa shape index (κ2) is 11.3. The van der Waals surface area contributed by atoms with Crippen molar-refractivity contribution >= 4 is 21.4 Å². The summed E-state index contributed by atoms with van der Waals surface area (Å²) >= 11 is 0. The number of anilines is 1. The Morgan fingerprint density at radius 1 is 1.00 bits per heavy atom. The van der Waals surface area contributed by atoms with Crippen LogP contribution in [0.5, 0.6) is 0 Å². The molecule has 0 aliphatic carbocycles. The van der Waals surface area contributed by atoms with Crippen molar-refractivity contribution in [2.75, 3.05) is 17.7 Å². The SMILES string of the molecule is CC.CS(=O)(=O)c1ccccc1-c1ccc2c(c1)CCN2C(=O)c1cc(C(F)(F)F)nn1-c1cccc(CN)c1. The van der Waals surface area contributed by atoms with Gasteiger partial charge in [0.1, 0.15) is 5.69 Å². The van der Waals surface area contributed by atoms with E-state index in [0.717, 1.165) is 22.6 Å². The fourth-order valence-electron chi connectivity index (χ4n) is 4.63. The van der Waals surface area contributed by atoms with Crippen molar-refractivity contribution in [3.63, 3.8) is 0 Å². The predicted octanol–water partition coefficient (Wildman–Crippen LogP) is 5.65. The molecule has 0 bridgehead atoms. The Morgan fingerprint density at radius 2 is 1.73 bits per heavy atom. The Labute approximate surface area is 231 Å². The number of alkyl halides is 3. The molecule has 40 heavy (non-hydrogen) atoms. The highest BCUT2D eigenvalue weighted by atomic mass is 32.2. The smallest absolute Gasteiger partial charge is 0.326 e. The van der Waals surface area contributed by atoms with Gasteiger partial charge in [-0.3, -0.25) is 4.79 Å². The first-order chi connectivity index (χ1) is 19.0. The lowest BCUT2D eigenvalue weighted by atomic mass is 10.0. The van der Waals surface area contributed by atoms with Crippen LogP contribution in [0.3, 0.4) is 0 Å². The molecule has 1 aliphatic heterocycles. The summed E-state index contributed by atoms with van der Waals surface area (Å²) in [6, 6.07) is 19.1. The third-order valence-corrected chi connectivity index (χ3v) is 7.58. The normalized spacial score (nSPS) is 13.0. The highest BCUT2D eigenvalue weighted by molar-refractivity contribution is 7.90. The van der Waals surface area contributed by atoms with Crippen LogP contribution in [0.25, 0.3) is 16.8 Å². The van der Waals surface area contributed by atoms with Crippen LogP contribution in [0, 0.1) is 0 Å². The Morgan fingerprint density at radius 3 is 2.40 bits per heavy atom. The monoisotopic (exact) mass is 570 g/mol. The van der Waals surface area contributed by atoms with Gasteiger partial charge in [-0.1, -0.05) is 50.2 Å². The maximum Gasteiger partial charge on any atom is 0.435 e. The van der Waals surface area contributed by atoms with Crippen LogP contribution in [0.2, 0.25) is 0 Å². The standard InChI is InChI=1S/C27H23F3N4O3S.C2H6/c1-38(36,37)24-8-3-2-7-21(24)18-9-10-22-19(14-18)11-12-33(22)26(35)23-15-25(27(28,29)30)32-34(23)20-6-4-5-17(13-20)16-31;1-2/h2-10,13-15H,11-12,16,31H2,1H3;1-2H3.